The van der Waals surface area contributed by atoms with Gasteiger partial charge in [0.1, 0.15) is 0 Å². The van der Waals surface area contributed by atoms with Gasteiger partial charge in [-0.2, -0.15) is 0 Å². The SMILES string of the molecule is N[C@@H]1CCCc2ccccc2C1. The summed E-state index contributed by atoms with van der Waals surface area (Å²) in [6.45, 7) is 0. The minimum Gasteiger partial charge on any atom is -0.327 e. The maximum atomic E-state index is 5.95. The third kappa shape index (κ3) is 1.51. The van der Waals surface area contributed by atoms with E-state index in [0.717, 1.165) is 6.42 Å². The van der Waals surface area contributed by atoms with Gasteiger partial charge in [0.15, 0.2) is 0 Å². The maximum Gasteiger partial charge on any atom is 0.00795 e. The van der Waals surface area contributed by atoms with Crippen LogP contribution >= 0.6 is 0 Å². The second kappa shape index (κ2) is 3.28. The third-order valence-electron chi connectivity index (χ3n) is 2.62. The summed E-state index contributed by atoms with van der Waals surface area (Å²) in [5.74, 6) is 0. The lowest BCUT2D eigenvalue weighted by atomic mass is 10.0. The van der Waals surface area contributed by atoms with Crippen LogP contribution in [0.15, 0.2) is 24.3 Å². The molecule has 2 N–H and O–H groups in total. The number of hydrogen-bond donors (Lipinski definition) is 1. The molecule has 1 aromatic carbocycles. The smallest absolute Gasteiger partial charge is 0.00795 e. The van der Waals surface area contributed by atoms with Crippen LogP contribution in [-0.2, 0) is 12.8 Å². The van der Waals surface area contributed by atoms with Gasteiger partial charge in [0.2, 0.25) is 0 Å². The first kappa shape index (κ1) is 7.81. The molecule has 1 atom stereocenters. The summed E-state index contributed by atoms with van der Waals surface area (Å²) in [5.41, 5.74) is 8.92. The van der Waals surface area contributed by atoms with Gasteiger partial charge < -0.3 is 5.73 Å². The Hall–Kier alpha value is -0.820. The largest absolute Gasteiger partial charge is 0.327 e. The number of aryl methyl sites for hydroxylation is 1. The summed E-state index contributed by atoms with van der Waals surface area (Å²) in [6, 6.07) is 9.05. The molecule has 0 fully saturated rings. The van der Waals surface area contributed by atoms with Gasteiger partial charge in [-0.25, -0.2) is 0 Å². The molecule has 1 aliphatic rings. The summed E-state index contributed by atoms with van der Waals surface area (Å²) in [5, 5.41) is 0. The molecule has 1 aromatic rings. The summed E-state index contributed by atoms with van der Waals surface area (Å²) in [6.07, 6.45) is 4.70. The lowest BCUT2D eigenvalue weighted by Crippen LogP contribution is -2.21. The molecular weight excluding hydrogens is 146 g/mol. The normalized spacial score (nSPS) is 22.9. The van der Waals surface area contributed by atoms with E-state index < -0.39 is 0 Å². The summed E-state index contributed by atoms with van der Waals surface area (Å²) < 4.78 is 0. The van der Waals surface area contributed by atoms with Crippen molar-refractivity contribution in [2.24, 2.45) is 5.73 Å². The molecule has 0 aromatic heterocycles. The molecular formula is C11H15N. The predicted octanol–water partition coefficient (Wildman–Crippen LogP) is 1.89. The van der Waals surface area contributed by atoms with Gasteiger partial charge in [-0.1, -0.05) is 24.3 Å². The fraction of sp³-hybridized carbons (Fsp3) is 0.455. The highest BCUT2D eigenvalue weighted by atomic mass is 14.6. The molecule has 2 rings (SSSR count). The van der Waals surface area contributed by atoms with Crippen molar-refractivity contribution in [1.29, 1.82) is 0 Å². The number of benzene rings is 1. The Labute approximate surface area is 73.6 Å². The van der Waals surface area contributed by atoms with Crippen LogP contribution in [0.5, 0.6) is 0 Å². The van der Waals surface area contributed by atoms with Crippen molar-refractivity contribution in [2.75, 3.05) is 0 Å². The minimum absolute atomic E-state index is 0.383. The van der Waals surface area contributed by atoms with E-state index >= 15 is 0 Å². The fourth-order valence-electron chi connectivity index (χ4n) is 1.94. The highest BCUT2D eigenvalue weighted by molar-refractivity contribution is 5.28. The number of hydrogen-bond acceptors (Lipinski definition) is 1. The molecule has 12 heavy (non-hydrogen) atoms. The van der Waals surface area contributed by atoms with Gasteiger partial charge in [0.25, 0.3) is 0 Å². The molecule has 0 heterocycles. The van der Waals surface area contributed by atoms with E-state index in [1.165, 1.54) is 30.4 Å². The fourth-order valence-corrected chi connectivity index (χ4v) is 1.94. The summed E-state index contributed by atoms with van der Waals surface area (Å²) in [7, 11) is 0. The molecule has 0 radical (unpaired) electrons. The van der Waals surface area contributed by atoms with Crippen molar-refractivity contribution < 1.29 is 0 Å². The van der Waals surface area contributed by atoms with Gasteiger partial charge in [0.05, 0.1) is 0 Å². The van der Waals surface area contributed by atoms with Crippen molar-refractivity contribution in [3.05, 3.63) is 35.4 Å². The van der Waals surface area contributed by atoms with Crippen LogP contribution in [0.1, 0.15) is 24.0 Å². The second-order valence-corrected chi connectivity index (χ2v) is 3.63. The van der Waals surface area contributed by atoms with Crippen LogP contribution in [0.4, 0.5) is 0 Å². The van der Waals surface area contributed by atoms with E-state index in [-0.39, 0.29) is 0 Å². The monoisotopic (exact) mass is 161 g/mol. The predicted molar refractivity (Wildman–Crippen MR) is 51.1 cm³/mol. The Bertz CT molecular complexity index is 267. The Morgan fingerprint density at radius 1 is 1.17 bits per heavy atom. The van der Waals surface area contributed by atoms with Crippen molar-refractivity contribution >= 4 is 0 Å². The first-order valence-electron chi connectivity index (χ1n) is 4.68. The van der Waals surface area contributed by atoms with E-state index in [4.69, 9.17) is 5.73 Å². The van der Waals surface area contributed by atoms with Crippen molar-refractivity contribution in [3.63, 3.8) is 0 Å². The second-order valence-electron chi connectivity index (χ2n) is 3.63. The third-order valence-corrected chi connectivity index (χ3v) is 2.62. The number of nitrogens with two attached hydrogens (primary N) is 1. The van der Waals surface area contributed by atoms with Crippen molar-refractivity contribution in [2.45, 2.75) is 31.7 Å². The molecule has 1 aliphatic carbocycles. The van der Waals surface area contributed by atoms with Gasteiger partial charge in [0, 0.05) is 6.04 Å². The van der Waals surface area contributed by atoms with E-state index in [1.54, 1.807) is 0 Å². The summed E-state index contributed by atoms with van der Waals surface area (Å²) >= 11 is 0. The standard InChI is InChI=1S/C11H15N/c12-11-7-3-6-9-4-1-2-5-10(9)8-11/h1-2,4-5,11H,3,6-8,12H2/t11-/m1/s1. The zero-order valence-electron chi connectivity index (χ0n) is 7.29. The molecule has 64 valence electrons. The molecule has 0 bridgehead atoms. The number of rotatable bonds is 0. The molecule has 0 saturated carbocycles. The lowest BCUT2D eigenvalue weighted by molar-refractivity contribution is 0.603. The lowest BCUT2D eigenvalue weighted by Gasteiger charge is -2.07. The van der Waals surface area contributed by atoms with Crippen LogP contribution in [-0.4, -0.2) is 6.04 Å². The zero-order valence-corrected chi connectivity index (χ0v) is 7.29. The zero-order chi connectivity index (χ0) is 8.39. The minimum atomic E-state index is 0.383. The van der Waals surface area contributed by atoms with Gasteiger partial charge >= 0.3 is 0 Å². The number of fused-ring (bicyclic) bond motifs is 1. The molecule has 0 aliphatic heterocycles. The average Bonchev–Trinajstić information content (AvgIpc) is 2.25. The van der Waals surface area contributed by atoms with Crippen molar-refractivity contribution in [1.82, 2.24) is 0 Å². The van der Waals surface area contributed by atoms with Crippen molar-refractivity contribution in [3.8, 4) is 0 Å². The molecule has 1 nitrogen and oxygen atoms in total. The summed E-state index contributed by atoms with van der Waals surface area (Å²) in [4.78, 5) is 0. The van der Waals surface area contributed by atoms with Gasteiger partial charge in [-0.3, -0.25) is 0 Å². The Kier molecular flexibility index (Phi) is 2.13. The van der Waals surface area contributed by atoms with E-state index in [2.05, 4.69) is 24.3 Å². The van der Waals surface area contributed by atoms with Crippen LogP contribution in [0.3, 0.4) is 0 Å². The van der Waals surface area contributed by atoms with E-state index in [0.29, 0.717) is 6.04 Å². The van der Waals surface area contributed by atoms with Crippen LogP contribution in [0, 0.1) is 0 Å². The first-order valence-corrected chi connectivity index (χ1v) is 4.68. The molecule has 0 spiro atoms. The maximum absolute atomic E-state index is 5.95. The van der Waals surface area contributed by atoms with Crippen LogP contribution in [0.2, 0.25) is 0 Å². The highest BCUT2D eigenvalue weighted by Crippen LogP contribution is 2.19. The molecule has 0 unspecified atom stereocenters. The Morgan fingerprint density at radius 2 is 1.92 bits per heavy atom. The van der Waals surface area contributed by atoms with Gasteiger partial charge in [-0.05, 0) is 36.8 Å². The topological polar surface area (TPSA) is 26.0 Å². The molecule has 0 saturated heterocycles. The first-order chi connectivity index (χ1) is 5.86. The molecule has 1 heteroatoms. The average molecular weight is 161 g/mol. The van der Waals surface area contributed by atoms with E-state index in [9.17, 15) is 0 Å². The van der Waals surface area contributed by atoms with Gasteiger partial charge in [-0.15, -0.1) is 0 Å². The quantitative estimate of drug-likeness (QED) is 0.578. The Balaban J connectivity index is 2.31. The molecule has 0 amide bonds. The van der Waals surface area contributed by atoms with E-state index in [1.807, 2.05) is 0 Å². The highest BCUT2D eigenvalue weighted by Gasteiger charge is 2.11. The van der Waals surface area contributed by atoms with Crippen LogP contribution in [0.25, 0.3) is 0 Å². The van der Waals surface area contributed by atoms with Crippen LogP contribution < -0.4 is 5.73 Å². The Morgan fingerprint density at radius 3 is 2.75 bits per heavy atom.